The van der Waals surface area contributed by atoms with Gasteiger partial charge in [-0.05, 0) is 13.8 Å². The van der Waals surface area contributed by atoms with Crippen LogP contribution in [0.3, 0.4) is 0 Å². The van der Waals surface area contributed by atoms with Gasteiger partial charge in [0.05, 0.1) is 5.56 Å². The van der Waals surface area contributed by atoms with Gasteiger partial charge < -0.3 is 10.0 Å². The summed E-state index contributed by atoms with van der Waals surface area (Å²) < 4.78 is 0. The van der Waals surface area contributed by atoms with Gasteiger partial charge in [0, 0.05) is 25.0 Å². The van der Waals surface area contributed by atoms with Gasteiger partial charge in [0.15, 0.2) is 0 Å². The summed E-state index contributed by atoms with van der Waals surface area (Å²) >= 11 is 0. The number of hydrogen-bond donors (Lipinski definition) is 1. The van der Waals surface area contributed by atoms with Crippen LogP contribution in [-0.4, -0.2) is 33.6 Å². The van der Waals surface area contributed by atoms with Crippen LogP contribution in [0.25, 0.3) is 0 Å². The van der Waals surface area contributed by atoms with Crippen molar-refractivity contribution >= 4 is 11.9 Å². The van der Waals surface area contributed by atoms with Crippen LogP contribution in [0.4, 0.5) is 5.95 Å². The van der Waals surface area contributed by atoms with E-state index in [2.05, 4.69) is 16.5 Å². The molecule has 1 rings (SSSR count). The molecule has 0 aromatic carbocycles. The highest BCUT2D eigenvalue weighted by Gasteiger charge is 2.12. The molecule has 0 aliphatic carbocycles. The predicted molar refractivity (Wildman–Crippen MR) is 61.7 cm³/mol. The molecular weight excluding hydrogens is 206 g/mol. The van der Waals surface area contributed by atoms with Gasteiger partial charge in [-0.25, -0.2) is 14.8 Å². The lowest BCUT2D eigenvalue weighted by Crippen LogP contribution is -2.32. The minimum Gasteiger partial charge on any atom is -0.478 e. The third kappa shape index (κ3) is 2.79. The van der Waals surface area contributed by atoms with Gasteiger partial charge in [0.1, 0.15) is 0 Å². The molecule has 1 aromatic rings. The highest BCUT2D eigenvalue weighted by Crippen LogP contribution is 2.10. The van der Waals surface area contributed by atoms with E-state index in [1.807, 2.05) is 18.7 Å². The molecule has 0 amide bonds. The van der Waals surface area contributed by atoms with Gasteiger partial charge >= 0.3 is 5.97 Å². The van der Waals surface area contributed by atoms with E-state index in [4.69, 9.17) is 5.11 Å². The Labute approximate surface area is 94.5 Å². The quantitative estimate of drug-likeness (QED) is 0.764. The second kappa shape index (κ2) is 5.25. The lowest BCUT2D eigenvalue weighted by atomic mass is 10.3. The first-order chi connectivity index (χ1) is 7.56. The molecule has 5 heteroatoms. The summed E-state index contributed by atoms with van der Waals surface area (Å²) in [5.74, 6) is -0.508. The minimum atomic E-state index is -1.02. The van der Waals surface area contributed by atoms with Crippen LogP contribution in [0, 0.1) is 0 Å². The van der Waals surface area contributed by atoms with Crippen molar-refractivity contribution in [1.29, 1.82) is 0 Å². The molecule has 0 saturated heterocycles. The van der Waals surface area contributed by atoms with E-state index in [1.165, 1.54) is 12.4 Å². The Balaban J connectivity index is 2.93. The van der Waals surface area contributed by atoms with Crippen LogP contribution in [0.15, 0.2) is 25.0 Å². The first kappa shape index (κ1) is 12.2. The maximum absolute atomic E-state index is 10.6. The number of hydrogen-bond acceptors (Lipinski definition) is 4. The molecule has 1 aromatic heterocycles. The topological polar surface area (TPSA) is 66.3 Å². The number of nitrogens with zero attached hydrogens (tertiary/aromatic N) is 3. The van der Waals surface area contributed by atoms with Gasteiger partial charge in [-0.1, -0.05) is 6.08 Å². The standard InChI is InChI=1S/C11H15N3O2/c1-4-5-14(8(2)3)11-12-6-9(7-13-11)10(15)16/h4,6-8H,1,5H2,2-3H3,(H,15,16). The Kier molecular flexibility index (Phi) is 3.99. The number of carbonyl (C=O) groups is 1. The SMILES string of the molecule is C=CCN(c1ncc(C(=O)O)cn1)C(C)C. The van der Waals surface area contributed by atoms with E-state index >= 15 is 0 Å². The zero-order valence-electron chi connectivity index (χ0n) is 9.42. The van der Waals surface area contributed by atoms with Crippen molar-refractivity contribution in [3.8, 4) is 0 Å². The summed E-state index contributed by atoms with van der Waals surface area (Å²) in [4.78, 5) is 20.6. The van der Waals surface area contributed by atoms with Crippen LogP contribution in [0.5, 0.6) is 0 Å². The van der Waals surface area contributed by atoms with Gasteiger partial charge in [-0.3, -0.25) is 0 Å². The smallest absolute Gasteiger partial charge is 0.338 e. The lowest BCUT2D eigenvalue weighted by molar-refractivity contribution is 0.0696. The molecule has 5 nitrogen and oxygen atoms in total. The Bertz CT molecular complexity index is 373. The van der Waals surface area contributed by atoms with E-state index in [-0.39, 0.29) is 11.6 Å². The number of aromatic nitrogens is 2. The molecular formula is C11H15N3O2. The average molecular weight is 221 g/mol. The molecule has 0 aliphatic heterocycles. The summed E-state index contributed by atoms with van der Waals surface area (Å²) in [6.45, 7) is 8.32. The third-order valence-electron chi connectivity index (χ3n) is 2.09. The first-order valence-electron chi connectivity index (χ1n) is 4.99. The van der Waals surface area contributed by atoms with E-state index in [0.717, 1.165) is 0 Å². The van der Waals surface area contributed by atoms with Crippen molar-refractivity contribution in [3.63, 3.8) is 0 Å². The van der Waals surface area contributed by atoms with Crippen LogP contribution in [0.2, 0.25) is 0 Å². The number of rotatable bonds is 5. The summed E-state index contributed by atoms with van der Waals surface area (Å²) in [5.41, 5.74) is 0.0889. The van der Waals surface area contributed by atoms with E-state index in [9.17, 15) is 4.79 Å². The summed E-state index contributed by atoms with van der Waals surface area (Å²) in [5, 5.41) is 8.72. The average Bonchev–Trinajstić information content (AvgIpc) is 2.25. The molecule has 1 N–H and O–H groups in total. The number of aromatic carboxylic acids is 1. The maximum atomic E-state index is 10.6. The molecule has 0 radical (unpaired) electrons. The van der Waals surface area contributed by atoms with E-state index in [1.54, 1.807) is 6.08 Å². The number of anilines is 1. The fourth-order valence-electron chi connectivity index (χ4n) is 1.24. The Morgan fingerprint density at radius 1 is 1.56 bits per heavy atom. The highest BCUT2D eigenvalue weighted by atomic mass is 16.4. The van der Waals surface area contributed by atoms with Crippen molar-refractivity contribution < 1.29 is 9.90 Å². The predicted octanol–water partition coefficient (Wildman–Crippen LogP) is 1.58. The van der Waals surface area contributed by atoms with Crippen molar-refractivity contribution in [2.45, 2.75) is 19.9 Å². The highest BCUT2D eigenvalue weighted by molar-refractivity contribution is 5.86. The molecule has 1 heterocycles. The summed E-state index contributed by atoms with van der Waals surface area (Å²) in [7, 11) is 0. The lowest BCUT2D eigenvalue weighted by Gasteiger charge is -2.24. The summed E-state index contributed by atoms with van der Waals surface area (Å²) in [6, 6.07) is 0.230. The van der Waals surface area contributed by atoms with Crippen molar-refractivity contribution in [2.24, 2.45) is 0 Å². The molecule has 0 fully saturated rings. The molecule has 0 saturated carbocycles. The van der Waals surface area contributed by atoms with Crippen LogP contribution in [-0.2, 0) is 0 Å². The largest absolute Gasteiger partial charge is 0.478 e. The zero-order valence-corrected chi connectivity index (χ0v) is 9.42. The Morgan fingerprint density at radius 3 is 2.50 bits per heavy atom. The van der Waals surface area contributed by atoms with Crippen molar-refractivity contribution in [3.05, 3.63) is 30.6 Å². The fraction of sp³-hybridized carbons (Fsp3) is 0.364. The fourth-order valence-corrected chi connectivity index (χ4v) is 1.24. The maximum Gasteiger partial charge on any atom is 0.338 e. The van der Waals surface area contributed by atoms with E-state index in [0.29, 0.717) is 12.5 Å². The van der Waals surface area contributed by atoms with Gasteiger partial charge in [0.2, 0.25) is 5.95 Å². The Hall–Kier alpha value is -1.91. The van der Waals surface area contributed by atoms with Gasteiger partial charge in [-0.15, -0.1) is 6.58 Å². The van der Waals surface area contributed by atoms with Crippen LogP contribution >= 0.6 is 0 Å². The van der Waals surface area contributed by atoms with Gasteiger partial charge in [0.25, 0.3) is 0 Å². The molecule has 86 valence electrons. The zero-order chi connectivity index (χ0) is 12.1. The third-order valence-corrected chi connectivity index (χ3v) is 2.09. The Morgan fingerprint density at radius 2 is 2.12 bits per heavy atom. The summed E-state index contributed by atoms with van der Waals surface area (Å²) in [6.07, 6.45) is 4.38. The van der Waals surface area contributed by atoms with Crippen molar-refractivity contribution in [2.75, 3.05) is 11.4 Å². The minimum absolute atomic E-state index is 0.0889. The number of carboxylic acid groups (broad SMARTS) is 1. The molecule has 0 spiro atoms. The molecule has 16 heavy (non-hydrogen) atoms. The molecule has 0 aliphatic rings. The van der Waals surface area contributed by atoms with Gasteiger partial charge in [-0.2, -0.15) is 0 Å². The molecule has 0 atom stereocenters. The van der Waals surface area contributed by atoms with Crippen LogP contribution in [0.1, 0.15) is 24.2 Å². The second-order valence-electron chi connectivity index (χ2n) is 3.61. The number of carboxylic acids is 1. The monoisotopic (exact) mass is 221 g/mol. The molecule has 0 bridgehead atoms. The van der Waals surface area contributed by atoms with Crippen molar-refractivity contribution in [1.82, 2.24) is 9.97 Å². The normalized spacial score (nSPS) is 10.2. The molecule has 0 unspecified atom stereocenters. The first-order valence-corrected chi connectivity index (χ1v) is 4.99. The van der Waals surface area contributed by atoms with E-state index < -0.39 is 5.97 Å². The second-order valence-corrected chi connectivity index (χ2v) is 3.61. The van der Waals surface area contributed by atoms with Crippen LogP contribution < -0.4 is 4.90 Å².